The Morgan fingerprint density at radius 3 is 2.94 bits per heavy atom. The highest BCUT2D eigenvalue weighted by Gasteiger charge is 2.20. The Labute approximate surface area is 94.5 Å². The van der Waals surface area contributed by atoms with Crippen molar-refractivity contribution < 1.29 is 0 Å². The number of H-pyrrole nitrogens is 1. The molecule has 1 aromatic heterocycles. The summed E-state index contributed by atoms with van der Waals surface area (Å²) < 4.78 is 0. The van der Waals surface area contributed by atoms with Crippen molar-refractivity contribution in [1.29, 1.82) is 0 Å². The van der Waals surface area contributed by atoms with Gasteiger partial charge >= 0.3 is 0 Å². The molecule has 0 radical (unpaired) electrons. The van der Waals surface area contributed by atoms with E-state index in [1.54, 1.807) is 0 Å². The summed E-state index contributed by atoms with van der Waals surface area (Å²) in [5, 5.41) is 1.26. The molecule has 16 heavy (non-hydrogen) atoms. The van der Waals surface area contributed by atoms with Crippen LogP contribution >= 0.6 is 0 Å². The van der Waals surface area contributed by atoms with Crippen molar-refractivity contribution in [3.63, 3.8) is 0 Å². The van der Waals surface area contributed by atoms with Crippen LogP contribution in [0.25, 0.3) is 22.6 Å². The van der Waals surface area contributed by atoms with Gasteiger partial charge in [0.25, 0.3) is 0 Å². The number of nitrogens with one attached hydrogen (secondary N) is 1. The molecule has 1 heterocycles. The van der Waals surface area contributed by atoms with E-state index < -0.39 is 0 Å². The van der Waals surface area contributed by atoms with Gasteiger partial charge < -0.3 is 10.7 Å². The normalized spacial score (nSPS) is 21.6. The van der Waals surface area contributed by atoms with E-state index in [1.165, 1.54) is 22.0 Å². The molecule has 0 saturated heterocycles. The lowest BCUT2D eigenvalue weighted by atomic mass is 9.91. The summed E-state index contributed by atoms with van der Waals surface area (Å²) in [6, 6.07) is 8.36. The summed E-state index contributed by atoms with van der Waals surface area (Å²) in [4.78, 5) is 3.42. The Kier molecular flexibility index (Phi) is 1.98. The van der Waals surface area contributed by atoms with Gasteiger partial charge in [-0.3, -0.25) is 0 Å². The van der Waals surface area contributed by atoms with E-state index >= 15 is 0 Å². The van der Waals surface area contributed by atoms with E-state index in [2.05, 4.69) is 35.3 Å². The topological polar surface area (TPSA) is 41.8 Å². The van der Waals surface area contributed by atoms with Crippen LogP contribution in [0.15, 0.2) is 36.4 Å². The minimum atomic E-state index is 0.0108. The van der Waals surface area contributed by atoms with Gasteiger partial charge in [0.15, 0.2) is 0 Å². The fourth-order valence-corrected chi connectivity index (χ4v) is 2.41. The Hall–Kier alpha value is -1.80. The van der Waals surface area contributed by atoms with Crippen LogP contribution in [0.5, 0.6) is 0 Å². The van der Waals surface area contributed by atoms with Gasteiger partial charge in [-0.15, -0.1) is 0 Å². The lowest BCUT2D eigenvalue weighted by Gasteiger charge is -2.17. The van der Waals surface area contributed by atoms with Crippen LogP contribution in [0.4, 0.5) is 0 Å². The third kappa shape index (κ3) is 1.17. The van der Waals surface area contributed by atoms with Crippen molar-refractivity contribution in [2.75, 3.05) is 0 Å². The van der Waals surface area contributed by atoms with Gasteiger partial charge in [-0.25, -0.2) is 0 Å². The van der Waals surface area contributed by atoms with Gasteiger partial charge in [-0.05, 0) is 24.6 Å². The SMILES string of the molecule is C/C=C1/c2c([nH]c3ccccc23)C=CC1N. The fourth-order valence-electron chi connectivity index (χ4n) is 2.41. The molecule has 0 aliphatic heterocycles. The number of rotatable bonds is 0. The molecule has 0 saturated carbocycles. The molecule has 3 N–H and O–H groups in total. The Balaban J connectivity index is 2.40. The minimum Gasteiger partial charge on any atom is -0.355 e. The highest BCUT2D eigenvalue weighted by atomic mass is 14.7. The fraction of sp³-hybridized carbons (Fsp3) is 0.143. The van der Waals surface area contributed by atoms with Gasteiger partial charge in [0.2, 0.25) is 0 Å². The first kappa shape index (κ1) is 9.43. The molecule has 2 aromatic rings. The molecule has 0 spiro atoms. The standard InChI is InChI=1S/C14H14N2/c1-2-9-11(15)7-8-13-14(9)10-5-3-4-6-12(10)16-13/h2-8,11,16H,15H2,1H3/b9-2+. The first-order chi connectivity index (χ1) is 7.81. The van der Waals surface area contributed by atoms with E-state index in [0.717, 1.165) is 5.69 Å². The summed E-state index contributed by atoms with van der Waals surface area (Å²) in [5.41, 5.74) is 10.9. The molecular formula is C14H14N2. The molecule has 1 atom stereocenters. The summed E-state index contributed by atoms with van der Waals surface area (Å²) in [7, 11) is 0. The van der Waals surface area contributed by atoms with Crippen LogP contribution in [0.3, 0.4) is 0 Å². The molecule has 0 amide bonds. The molecular weight excluding hydrogens is 196 g/mol. The van der Waals surface area contributed by atoms with Crippen molar-refractivity contribution in [3.8, 4) is 0 Å². The van der Waals surface area contributed by atoms with E-state index in [1.807, 2.05) is 19.1 Å². The average Bonchev–Trinajstić information content (AvgIpc) is 2.68. The summed E-state index contributed by atoms with van der Waals surface area (Å²) in [5.74, 6) is 0. The number of nitrogens with two attached hydrogens (primary N) is 1. The molecule has 1 aromatic carbocycles. The van der Waals surface area contributed by atoms with Crippen molar-refractivity contribution in [1.82, 2.24) is 4.98 Å². The maximum absolute atomic E-state index is 6.09. The van der Waals surface area contributed by atoms with Gasteiger partial charge in [0.05, 0.1) is 0 Å². The highest BCUT2D eigenvalue weighted by Crippen LogP contribution is 2.34. The quantitative estimate of drug-likeness (QED) is 0.689. The Morgan fingerprint density at radius 1 is 1.31 bits per heavy atom. The molecule has 1 aliphatic carbocycles. The van der Waals surface area contributed by atoms with Crippen LogP contribution < -0.4 is 5.73 Å². The zero-order valence-corrected chi connectivity index (χ0v) is 9.20. The van der Waals surface area contributed by atoms with Crippen LogP contribution in [-0.2, 0) is 0 Å². The number of hydrogen-bond acceptors (Lipinski definition) is 1. The van der Waals surface area contributed by atoms with Crippen molar-refractivity contribution in [2.24, 2.45) is 5.73 Å². The zero-order chi connectivity index (χ0) is 11.1. The molecule has 1 unspecified atom stereocenters. The number of aromatic nitrogens is 1. The molecule has 2 nitrogen and oxygen atoms in total. The van der Waals surface area contributed by atoms with E-state index in [9.17, 15) is 0 Å². The van der Waals surface area contributed by atoms with Crippen LogP contribution in [0.1, 0.15) is 18.2 Å². The monoisotopic (exact) mass is 210 g/mol. The lowest BCUT2D eigenvalue weighted by molar-refractivity contribution is 1.04. The summed E-state index contributed by atoms with van der Waals surface area (Å²) >= 11 is 0. The van der Waals surface area contributed by atoms with Gasteiger partial charge in [0.1, 0.15) is 0 Å². The molecule has 3 rings (SSSR count). The molecule has 0 fully saturated rings. The molecule has 1 aliphatic rings. The maximum Gasteiger partial charge on any atom is 0.0488 e. The van der Waals surface area contributed by atoms with E-state index in [-0.39, 0.29) is 6.04 Å². The van der Waals surface area contributed by atoms with Crippen LogP contribution in [-0.4, -0.2) is 11.0 Å². The summed E-state index contributed by atoms with van der Waals surface area (Å²) in [6.07, 6.45) is 6.22. The largest absolute Gasteiger partial charge is 0.355 e. The zero-order valence-electron chi connectivity index (χ0n) is 9.20. The minimum absolute atomic E-state index is 0.0108. The predicted molar refractivity (Wildman–Crippen MR) is 69.0 cm³/mol. The highest BCUT2D eigenvalue weighted by molar-refractivity contribution is 5.99. The Morgan fingerprint density at radius 2 is 2.12 bits per heavy atom. The van der Waals surface area contributed by atoms with Crippen LogP contribution in [0, 0.1) is 0 Å². The van der Waals surface area contributed by atoms with Gasteiger partial charge in [-0.2, -0.15) is 0 Å². The first-order valence-corrected chi connectivity index (χ1v) is 5.52. The average molecular weight is 210 g/mol. The smallest absolute Gasteiger partial charge is 0.0488 e. The first-order valence-electron chi connectivity index (χ1n) is 5.52. The van der Waals surface area contributed by atoms with E-state index in [0.29, 0.717) is 0 Å². The van der Waals surface area contributed by atoms with Crippen molar-refractivity contribution in [2.45, 2.75) is 13.0 Å². The van der Waals surface area contributed by atoms with E-state index in [4.69, 9.17) is 5.73 Å². The lowest BCUT2D eigenvalue weighted by Crippen LogP contribution is -2.21. The second-order valence-electron chi connectivity index (χ2n) is 4.09. The maximum atomic E-state index is 6.09. The number of hydrogen-bond donors (Lipinski definition) is 2. The number of allylic oxidation sites excluding steroid dienone is 1. The van der Waals surface area contributed by atoms with Gasteiger partial charge in [0, 0.05) is 28.2 Å². The second kappa shape index (κ2) is 3.35. The molecule has 0 bridgehead atoms. The van der Waals surface area contributed by atoms with Crippen molar-refractivity contribution >= 4 is 22.6 Å². The molecule has 2 heteroatoms. The number of benzene rings is 1. The van der Waals surface area contributed by atoms with Crippen molar-refractivity contribution in [3.05, 3.63) is 47.7 Å². The third-order valence-electron chi connectivity index (χ3n) is 3.16. The van der Waals surface area contributed by atoms with Crippen LogP contribution in [0.2, 0.25) is 0 Å². The Bertz CT molecular complexity index is 602. The van der Waals surface area contributed by atoms with Gasteiger partial charge in [-0.1, -0.05) is 30.4 Å². The summed E-state index contributed by atoms with van der Waals surface area (Å²) in [6.45, 7) is 2.04. The second-order valence-corrected chi connectivity index (χ2v) is 4.09. The number of fused-ring (bicyclic) bond motifs is 3. The third-order valence-corrected chi connectivity index (χ3v) is 3.16. The number of aromatic amines is 1. The predicted octanol–water partition coefficient (Wildman–Crippen LogP) is 2.93. The number of para-hydroxylation sites is 1. The molecule has 80 valence electrons.